The van der Waals surface area contributed by atoms with E-state index in [1.54, 1.807) is 12.1 Å². The lowest BCUT2D eigenvalue weighted by Gasteiger charge is -2.35. The number of hydrogen-bond acceptors (Lipinski definition) is 5. The summed E-state index contributed by atoms with van der Waals surface area (Å²) in [6.45, 7) is 3.52. The molecule has 3 heterocycles. The van der Waals surface area contributed by atoms with E-state index in [2.05, 4.69) is 11.0 Å². The number of amides is 2. The highest BCUT2D eigenvalue weighted by Gasteiger charge is 2.31. The molecule has 0 aliphatic carbocycles. The van der Waals surface area contributed by atoms with Crippen LogP contribution in [0.1, 0.15) is 43.5 Å². The average molecular weight is 496 g/mol. The molecule has 3 aromatic rings. The summed E-state index contributed by atoms with van der Waals surface area (Å²) in [5, 5.41) is 0. The van der Waals surface area contributed by atoms with Crippen molar-refractivity contribution in [2.24, 2.45) is 0 Å². The van der Waals surface area contributed by atoms with Gasteiger partial charge in [-0.1, -0.05) is 48.5 Å². The smallest absolute Gasteiger partial charge is 0.339 e. The van der Waals surface area contributed by atoms with Crippen molar-refractivity contribution in [3.05, 3.63) is 101 Å². The van der Waals surface area contributed by atoms with Crippen LogP contribution >= 0.6 is 0 Å². The SMILES string of the molecule is O=C1OC(c2ccccc2)Cc2cc(C(=O)N3CCN(CC(=O)N4CCc5ccccc54)CC3)ccc21. The van der Waals surface area contributed by atoms with E-state index < -0.39 is 0 Å². The Hall–Kier alpha value is -3.97. The molecule has 0 spiro atoms. The zero-order chi connectivity index (χ0) is 25.4. The molecular formula is C30H29N3O4. The van der Waals surface area contributed by atoms with Gasteiger partial charge in [0.1, 0.15) is 6.10 Å². The number of hydrogen-bond donors (Lipinski definition) is 0. The van der Waals surface area contributed by atoms with Crippen molar-refractivity contribution in [3.63, 3.8) is 0 Å². The van der Waals surface area contributed by atoms with Crippen LogP contribution in [0.2, 0.25) is 0 Å². The molecule has 7 nitrogen and oxygen atoms in total. The molecule has 3 aliphatic rings. The number of anilines is 1. The van der Waals surface area contributed by atoms with Crippen molar-refractivity contribution in [1.29, 1.82) is 0 Å². The molecule has 0 bridgehead atoms. The first-order chi connectivity index (χ1) is 18.1. The highest BCUT2D eigenvalue weighted by molar-refractivity contribution is 5.98. The summed E-state index contributed by atoms with van der Waals surface area (Å²) in [5.41, 5.74) is 5.13. The first kappa shape index (κ1) is 23.4. The standard InChI is InChI=1S/C30H29N3O4/c34-28(33-13-12-21-6-4-5-9-26(21)33)20-31-14-16-32(17-15-31)29(35)23-10-11-25-24(18-23)19-27(37-30(25)36)22-7-2-1-3-8-22/h1-11,18,27H,12-17,19-20H2. The van der Waals surface area contributed by atoms with Gasteiger partial charge in [-0.2, -0.15) is 0 Å². The summed E-state index contributed by atoms with van der Waals surface area (Å²) in [7, 11) is 0. The number of rotatable bonds is 4. The zero-order valence-electron chi connectivity index (χ0n) is 20.6. The maximum Gasteiger partial charge on any atom is 0.339 e. The highest BCUT2D eigenvalue weighted by atomic mass is 16.5. The Morgan fingerprint density at radius 2 is 1.59 bits per heavy atom. The van der Waals surface area contributed by atoms with Crippen LogP contribution < -0.4 is 4.90 Å². The molecule has 37 heavy (non-hydrogen) atoms. The number of benzene rings is 3. The fourth-order valence-corrected chi connectivity index (χ4v) is 5.55. The fourth-order valence-electron chi connectivity index (χ4n) is 5.55. The first-order valence-electron chi connectivity index (χ1n) is 12.9. The van der Waals surface area contributed by atoms with Gasteiger partial charge >= 0.3 is 5.97 Å². The van der Waals surface area contributed by atoms with E-state index in [1.165, 1.54) is 5.56 Å². The Morgan fingerprint density at radius 1 is 0.838 bits per heavy atom. The topological polar surface area (TPSA) is 70.2 Å². The molecule has 1 atom stereocenters. The summed E-state index contributed by atoms with van der Waals surface area (Å²) in [5.74, 6) is -0.287. The maximum atomic E-state index is 13.3. The number of para-hydroxylation sites is 1. The molecule has 6 rings (SSSR count). The third-order valence-electron chi connectivity index (χ3n) is 7.60. The molecule has 0 radical (unpaired) electrons. The monoisotopic (exact) mass is 495 g/mol. The number of piperazine rings is 1. The number of nitrogens with zero attached hydrogens (tertiary/aromatic N) is 3. The minimum atomic E-state index is -0.354. The van der Waals surface area contributed by atoms with Crippen LogP contribution in [0.4, 0.5) is 5.69 Å². The summed E-state index contributed by atoms with van der Waals surface area (Å²) < 4.78 is 5.64. The van der Waals surface area contributed by atoms with Crippen LogP contribution in [0.5, 0.6) is 0 Å². The van der Waals surface area contributed by atoms with Crippen LogP contribution in [0.15, 0.2) is 72.8 Å². The lowest BCUT2D eigenvalue weighted by molar-refractivity contribution is -0.120. The lowest BCUT2D eigenvalue weighted by Crippen LogP contribution is -2.51. The number of ether oxygens (including phenoxy) is 1. The summed E-state index contributed by atoms with van der Waals surface area (Å²) in [6.07, 6.45) is 1.09. The van der Waals surface area contributed by atoms with Crippen molar-refractivity contribution in [2.75, 3.05) is 44.2 Å². The van der Waals surface area contributed by atoms with Crippen molar-refractivity contribution < 1.29 is 19.1 Å². The van der Waals surface area contributed by atoms with Gasteiger partial charge < -0.3 is 14.5 Å². The van der Waals surface area contributed by atoms with Crippen LogP contribution in [-0.4, -0.2) is 66.9 Å². The molecule has 0 saturated carbocycles. The molecule has 2 amide bonds. The van der Waals surface area contributed by atoms with Crippen LogP contribution in [0.3, 0.4) is 0 Å². The Kier molecular flexibility index (Phi) is 6.22. The van der Waals surface area contributed by atoms with Gasteiger partial charge in [0.25, 0.3) is 5.91 Å². The predicted molar refractivity (Wildman–Crippen MR) is 140 cm³/mol. The molecule has 3 aliphatic heterocycles. The first-order valence-corrected chi connectivity index (χ1v) is 12.9. The molecule has 1 unspecified atom stereocenters. The average Bonchev–Trinajstić information content (AvgIpc) is 3.38. The quantitative estimate of drug-likeness (QED) is 0.519. The van der Waals surface area contributed by atoms with E-state index in [0.717, 1.165) is 29.8 Å². The van der Waals surface area contributed by atoms with Crippen molar-refractivity contribution in [1.82, 2.24) is 9.80 Å². The van der Waals surface area contributed by atoms with Gasteiger partial charge in [-0.15, -0.1) is 0 Å². The van der Waals surface area contributed by atoms with Gasteiger partial charge in [0.2, 0.25) is 5.91 Å². The number of cyclic esters (lactones) is 1. The molecule has 1 fully saturated rings. The molecule has 3 aromatic carbocycles. The van der Waals surface area contributed by atoms with E-state index in [1.807, 2.05) is 64.4 Å². The van der Waals surface area contributed by atoms with Crippen molar-refractivity contribution in [3.8, 4) is 0 Å². The maximum absolute atomic E-state index is 13.3. The Labute approximate surface area is 216 Å². The van der Waals surface area contributed by atoms with Gasteiger partial charge in [-0.3, -0.25) is 14.5 Å². The van der Waals surface area contributed by atoms with Gasteiger partial charge in [0.15, 0.2) is 0 Å². The Morgan fingerprint density at radius 3 is 2.41 bits per heavy atom. The second-order valence-corrected chi connectivity index (χ2v) is 9.87. The highest BCUT2D eigenvalue weighted by Crippen LogP contribution is 2.31. The van der Waals surface area contributed by atoms with Gasteiger partial charge in [-0.25, -0.2) is 4.79 Å². The third kappa shape index (κ3) is 4.62. The molecule has 0 aromatic heterocycles. The second kappa shape index (κ2) is 9.82. The van der Waals surface area contributed by atoms with E-state index in [0.29, 0.717) is 50.3 Å². The van der Waals surface area contributed by atoms with Crippen molar-refractivity contribution >= 4 is 23.5 Å². The second-order valence-electron chi connectivity index (χ2n) is 9.87. The van der Waals surface area contributed by atoms with E-state index >= 15 is 0 Å². The van der Waals surface area contributed by atoms with Gasteiger partial charge in [0, 0.05) is 50.4 Å². The normalized spacial score (nSPS) is 19.2. The van der Waals surface area contributed by atoms with Gasteiger partial charge in [0.05, 0.1) is 12.1 Å². The molecule has 7 heteroatoms. The van der Waals surface area contributed by atoms with E-state index in [9.17, 15) is 14.4 Å². The number of fused-ring (bicyclic) bond motifs is 2. The predicted octanol–water partition coefficient (Wildman–Crippen LogP) is 3.49. The summed E-state index contributed by atoms with van der Waals surface area (Å²) in [4.78, 5) is 44.7. The lowest BCUT2D eigenvalue weighted by atomic mass is 9.93. The van der Waals surface area contributed by atoms with Crippen LogP contribution in [0.25, 0.3) is 0 Å². The molecule has 1 saturated heterocycles. The number of carbonyl (C=O) groups is 3. The zero-order valence-corrected chi connectivity index (χ0v) is 20.6. The third-order valence-corrected chi connectivity index (χ3v) is 7.60. The molecule has 0 N–H and O–H groups in total. The minimum Gasteiger partial charge on any atom is -0.454 e. The minimum absolute atomic E-state index is 0.0440. The Bertz CT molecular complexity index is 1350. The molecular weight excluding hydrogens is 466 g/mol. The van der Waals surface area contributed by atoms with Crippen LogP contribution in [-0.2, 0) is 22.4 Å². The number of esters is 1. The molecule has 188 valence electrons. The summed E-state index contributed by atoms with van der Waals surface area (Å²) >= 11 is 0. The van der Waals surface area contributed by atoms with Crippen LogP contribution in [0, 0.1) is 0 Å². The Balaban J connectivity index is 1.08. The largest absolute Gasteiger partial charge is 0.454 e. The van der Waals surface area contributed by atoms with E-state index in [-0.39, 0.29) is 23.9 Å². The van der Waals surface area contributed by atoms with E-state index in [4.69, 9.17) is 4.74 Å². The van der Waals surface area contributed by atoms with Gasteiger partial charge in [-0.05, 0) is 47.4 Å². The fraction of sp³-hybridized carbons (Fsp3) is 0.300. The van der Waals surface area contributed by atoms with Crippen molar-refractivity contribution in [2.45, 2.75) is 18.9 Å². The summed E-state index contributed by atoms with van der Waals surface area (Å²) in [6, 6.07) is 23.0. The number of carbonyl (C=O) groups excluding carboxylic acids is 3.